The van der Waals surface area contributed by atoms with Crippen LogP contribution >= 0.6 is 11.3 Å². The minimum Gasteiger partial charge on any atom is -0.497 e. The molecule has 1 aromatic carbocycles. The van der Waals surface area contributed by atoms with E-state index in [0.29, 0.717) is 11.8 Å². The molecule has 4 heteroatoms. The molecule has 0 bridgehead atoms. The Morgan fingerprint density at radius 1 is 1.12 bits per heavy atom. The van der Waals surface area contributed by atoms with Gasteiger partial charge in [0.05, 0.1) is 12.0 Å². The van der Waals surface area contributed by atoms with Crippen LogP contribution in [0.3, 0.4) is 0 Å². The molecule has 3 nitrogen and oxygen atoms in total. The summed E-state index contributed by atoms with van der Waals surface area (Å²) >= 11 is 1.62. The van der Waals surface area contributed by atoms with Gasteiger partial charge in [-0.3, -0.25) is 4.79 Å². The highest BCUT2D eigenvalue weighted by molar-refractivity contribution is 7.12. The maximum absolute atomic E-state index is 12.9. The zero-order valence-electron chi connectivity index (χ0n) is 14.7. The number of carbonyl (C=O) groups excluding carboxylic acids is 1. The smallest absolute Gasteiger partial charge is 0.264 e. The summed E-state index contributed by atoms with van der Waals surface area (Å²) in [5.41, 5.74) is 2.66. The second-order valence-electron chi connectivity index (χ2n) is 7.27. The van der Waals surface area contributed by atoms with Crippen LogP contribution in [0.5, 0.6) is 5.75 Å². The molecule has 1 aliphatic heterocycles. The molecule has 1 saturated carbocycles. The molecule has 2 aromatic rings. The van der Waals surface area contributed by atoms with Crippen molar-refractivity contribution >= 4 is 17.2 Å². The highest BCUT2D eigenvalue weighted by Crippen LogP contribution is 2.43. The molecule has 0 radical (unpaired) electrons. The van der Waals surface area contributed by atoms with E-state index < -0.39 is 0 Å². The Kier molecular flexibility index (Phi) is 4.80. The average molecular weight is 356 g/mol. The Hall–Kier alpha value is -1.81. The van der Waals surface area contributed by atoms with E-state index in [0.717, 1.165) is 43.0 Å². The molecular weight excluding hydrogens is 330 g/mol. The van der Waals surface area contributed by atoms with Crippen LogP contribution in [0.15, 0.2) is 35.7 Å². The first-order chi connectivity index (χ1) is 12.2. The maximum atomic E-state index is 12.9. The lowest BCUT2D eigenvalue weighted by molar-refractivity contribution is 0.0694. The van der Waals surface area contributed by atoms with Gasteiger partial charge < -0.3 is 9.64 Å². The molecule has 1 amide bonds. The molecule has 4 rings (SSSR count). The Balaban J connectivity index is 1.33. The lowest BCUT2D eigenvalue weighted by Gasteiger charge is -2.32. The number of nitrogens with zero attached hydrogens (tertiary/aromatic N) is 1. The van der Waals surface area contributed by atoms with Crippen molar-refractivity contribution in [2.45, 2.75) is 38.0 Å². The first-order valence-electron chi connectivity index (χ1n) is 9.24. The van der Waals surface area contributed by atoms with Crippen LogP contribution in [-0.2, 0) is 6.42 Å². The Labute approximate surface area is 153 Å². The molecule has 1 saturated heterocycles. The third-order valence-electron chi connectivity index (χ3n) is 5.49. The summed E-state index contributed by atoms with van der Waals surface area (Å²) in [5, 5.41) is 2.08. The van der Waals surface area contributed by atoms with Crippen molar-refractivity contribution in [3.05, 3.63) is 51.7 Å². The zero-order valence-corrected chi connectivity index (χ0v) is 15.6. The van der Waals surface area contributed by atoms with E-state index in [4.69, 9.17) is 4.74 Å². The van der Waals surface area contributed by atoms with Crippen LogP contribution in [0.25, 0.3) is 0 Å². The third kappa shape index (κ3) is 3.74. The predicted molar refractivity (Wildman–Crippen MR) is 102 cm³/mol. The molecule has 132 valence electrons. The lowest BCUT2D eigenvalue weighted by atomic mass is 9.90. The van der Waals surface area contributed by atoms with E-state index in [2.05, 4.69) is 28.5 Å². The number of rotatable bonds is 5. The Morgan fingerprint density at radius 3 is 2.48 bits per heavy atom. The number of hydrogen-bond donors (Lipinski definition) is 0. The molecule has 1 aliphatic carbocycles. The third-order valence-corrected chi connectivity index (χ3v) is 6.41. The lowest BCUT2D eigenvalue weighted by Crippen LogP contribution is -2.38. The molecule has 0 unspecified atom stereocenters. The average Bonchev–Trinajstić information content (AvgIpc) is 3.39. The fourth-order valence-electron chi connectivity index (χ4n) is 3.79. The van der Waals surface area contributed by atoms with Crippen molar-refractivity contribution < 1.29 is 9.53 Å². The Morgan fingerprint density at radius 2 is 1.84 bits per heavy atom. The first kappa shape index (κ1) is 16.6. The van der Waals surface area contributed by atoms with Crippen molar-refractivity contribution in [2.24, 2.45) is 5.92 Å². The van der Waals surface area contributed by atoms with Crippen LogP contribution in [0.2, 0.25) is 0 Å². The number of hydrogen-bond acceptors (Lipinski definition) is 3. The normalized spacial score (nSPS) is 18.4. The van der Waals surface area contributed by atoms with E-state index in [-0.39, 0.29) is 5.91 Å². The predicted octanol–water partition coefficient (Wildman–Crippen LogP) is 4.73. The number of benzene rings is 1. The second kappa shape index (κ2) is 7.20. The van der Waals surface area contributed by atoms with Crippen molar-refractivity contribution in [2.75, 3.05) is 20.2 Å². The number of amides is 1. The van der Waals surface area contributed by atoms with Crippen LogP contribution in [-0.4, -0.2) is 31.0 Å². The fourth-order valence-corrected chi connectivity index (χ4v) is 4.74. The van der Waals surface area contributed by atoms with Crippen LogP contribution in [0.4, 0.5) is 0 Å². The van der Waals surface area contributed by atoms with Crippen molar-refractivity contribution in [1.29, 1.82) is 0 Å². The number of piperidine rings is 1. The van der Waals surface area contributed by atoms with E-state index in [1.165, 1.54) is 24.0 Å². The van der Waals surface area contributed by atoms with Gasteiger partial charge in [0.2, 0.25) is 0 Å². The van der Waals surface area contributed by atoms with Crippen molar-refractivity contribution in [1.82, 2.24) is 4.90 Å². The molecule has 0 N–H and O–H groups in total. The molecule has 2 fully saturated rings. The standard InChI is InChI=1S/C21H25NO2S/c1-24-18-6-2-15(3-7-18)14-16-8-11-22(12-9-16)21(23)20-19(10-13-25-20)17-4-5-17/h2-3,6-7,10,13,16-17H,4-5,8-9,11-12,14H2,1H3. The number of ether oxygens (including phenoxy) is 1. The molecule has 25 heavy (non-hydrogen) atoms. The van der Waals surface area contributed by atoms with Gasteiger partial charge in [-0.1, -0.05) is 12.1 Å². The molecule has 0 atom stereocenters. The summed E-state index contributed by atoms with van der Waals surface area (Å²) < 4.78 is 5.22. The zero-order chi connectivity index (χ0) is 17.2. The SMILES string of the molecule is COc1ccc(CC2CCN(C(=O)c3sccc3C3CC3)CC2)cc1. The maximum Gasteiger partial charge on any atom is 0.264 e. The van der Waals surface area contributed by atoms with Gasteiger partial charge in [0.1, 0.15) is 5.75 Å². The summed E-state index contributed by atoms with van der Waals surface area (Å²) in [6, 6.07) is 10.5. The molecule has 2 aliphatic rings. The van der Waals surface area contributed by atoms with Crippen LogP contribution < -0.4 is 4.74 Å². The summed E-state index contributed by atoms with van der Waals surface area (Å²) in [7, 11) is 1.70. The highest BCUT2D eigenvalue weighted by atomic mass is 32.1. The molecule has 2 heterocycles. The van der Waals surface area contributed by atoms with E-state index in [1.54, 1.807) is 18.4 Å². The topological polar surface area (TPSA) is 29.5 Å². The monoisotopic (exact) mass is 355 g/mol. The first-order valence-corrected chi connectivity index (χ1v) is 10.1. The van der Waals surface area contributed by atoms with Gasteiger partial charge in [0.25, 0.3) is 5.91 Å². The molecule has 0 spiro atoms. The van der Waals surface area contributed by atoms with Gasteiger partial charge in [0.15, 0.2) is 0 Å². The van der Waals surface area contributed by atoms with E-state index >= 15 is 0 Å². The van der Waals surface area contributed by atoms with Gasteiger partial charge >= 0.3 is 0 Å². The largest absolute Gasteiger partial charge is 0.497 e. The van der Waals surface area contributed by atoms with Crippen molar-refractivity contribution in [3.8, 4) is 5.75 Å². The van der Waals surface area contributed by atoms with Crippen LogP contribution in [0, 0.1) is 5.92 Å². The van der Waals surface area contributed by atoms with Gasteiger partial charge in [-0.25, -0.2) is 0 Å². The summed E-state index contributed by atoms with van der Waals surface area (Å²) in [5.74, 6) is 2.49. The quantitative estimate of drug-likeness (QED) is 0.776. The van der Waals surface area contributed by atoms with E-state index in [9.17, 15) is 4.79 Å². The number of methoxy groups -OCH3 is 1. The van der Waals surface area contributed by atoms with Gasteiger partial charge in [0, 0.05) is 13.1 Å². The number of likely N-dealkylation sites (tertiary alicyclic amines) is 1. The van der Waals surface area contributed by atoms with E-state index in [1.807, 2.05) is 12.1 Å². The summed E-state index contributed by atoms with van der Waals surface area (Å²) in [6.07, 6.45) is 5.80. The second-order valence-corrected chi connectivity index (χ2v) is 8.18. The molecule has 1 aromatic heterocycles. The fraction of sp³-hybridized carbons (Fsp3) is 0.476. The summed E-state index contributed by atoms with van der Waals surface area (Å²) in [6.45, 7) is 1.78. The van der Waals surface area contributed by atoms with Gasteiger partial charge in [-0.15, -0.1) is 11.3 Å². The number of thiophene rings is 1. The van der Waals surface area contributed by atoms with Crippen LogP contribution in [0.1, 0.15) is 52.4 Å². The van der Waals surface area contributed by atoms with Crippen molar-refractivity contribution in [3.63, 3.8) is 0 Å². The highest BCUT2D eigenvalue weighted by Gasteiger charge is 2.31. The summed E-state index contributed by atoms with van der Waals surface area (Å²) in [4.78, 5) is 15.9. The number of carbonyl (C=O) groups is 1. The molecular formula is C21H25NO2S. The minimum atomic E-state index is 0.264. The Bertz CT molecular complexity index is 725. The van der Waals surface area contributed by atoms with Gasteiger partial charge in [-0.05, 0) is 78.6 Å². The minimum absolute atomic E-state index is 0.264. The van der Waals surface area contributed by atoms with Gasteiger partial charge in [-0.2, -0.15) is 0 Å².